The average molecular weight is 220 g/mol. The number of hydrogen-bond acceptors (Lipinski definition) is 3. The molecule has 1 saturated heterocycles. The summed E-state index contributed by atoms with van der Waals surface area (Å²) in [5.41, 5.74) is 1.23. The molecular weight excluding hydrogens is 200 g/mol. The summed E-state index contributed by atoms with van der Waals surface area (Å²) in [5.74, 6) is 0.966. The van der Waals surface area contributed by atoms with E-state index in [1.165, 1.54) is 12.0 Å². The molecule has 3 nitrogen and oxygen atoms in total. The van der Waals surface area contributed by atoms with Crippen LogP contribution in [0.15, 0.2) is 24.3 Å². The Bertz CT molecular complexity index is 334. The molecule has 0 saturated carbocycles. The van der Waals surface area contributed by atoms with Crippen LogP contribution in [0.2, 0.25) is 0 Å². The van der Waals surface area contributed by atoms with Gasteiger partial charge in [0, 0.05) is 24.2 Å². The van der Waals surface area contributed by atoms with Crippen molar-refractivity contribution in [3.63, 3.8) is 0 Å². The summed E-state index contributed by atoms with van der Waals surface area (Å²) in [5, 5.41) is 6.99. The van der Waals surface area contributed by atoms with E-state index in [9.17, 15) is 0 Å². The van der Waals surface area contributed by atoms with Crippen LogP contribution < -0.4 is 15.4 Å². The van der Waals surface area contributed by atoms with E-state index in [-0.39, 0.29) is 0 Å². The van der Waals surface area contributed by atoms with Gasteiger partial charge in [0.1, 0.15) is 5.75 Å². The van der Waals surface area contributed by atoms with Gasteiger partial charge in [0.05, 0.1) is 7.11 Å². The zero-order chi connectivity index (χ0) is 11.4. The molecule has 1 aromatic carbocycles. The maximum atomic E-state index is 5.38. The lowest BCUT2D eigenvalue weighted by molar-refractivity contribution is 0.395. The highest BCUT2D eigenvalue weighted by molar-refractivity contribution is 5.35. The van der Waals surface area contributed by atoms with Crippen LogP contribution in [-0.2, 0) is 0 Å². The van der Waals surface area contributed by atoms with Gasteiger partial charge in [0.25, 0.3) is 0 Å². The van der Waals surface area contributed by atoms with Gasteiger partial charge >= 0.3 is 0 Å². The standard InChI is InChI=1S/C13H20N2O/c1-10(15-11-7-8-14-9-11)12-5-3-4-6-13(12)16-2/h3-6,10-11,14-15H,7-9H2,1-2H3. The monoisotopic (exact) mass is 220 g/mol. The second kappa shape index (κ2) is 5.32. The topological polar surface area (TPSA) is 33.3 Å². The summed E-state index contributed by atoms with van der Waals surface area (Å²) >= 11 is 0. The first-order valence-corrected chi connectivity index (χ1v) is 5.91. The first kappa shape index (κ1) is 11.4. The summed E-state index contributed by atoms with van der Waals surface area (Å²) in [7, 11) is 1.72. The molecule has 0 aromatic heterocycles. The molecule has 1 fully saturated rings. The summed E-state index contributed by atoms with van der Waals surface area (Å²) in [4.78, 5) is 0. The minimum Gasteiger partial charge on any atom is -0.496 e. The third-order valence-corrected chi connectivity index (χ3v) is 3.15. The van der Waals surface area contributed by atoms with E-state index < -0.39 is 0 Å². The van der Waals surface area contributed by atoms with Gasteiger partial charge in [0.2, 0.25) is 0 Å². The third kappa shape index (κ3) is 2.54. The van der Waals surface area contributed by atoms with Crippen molar-refractivity contribution in [1.82, 2.24) is 10.6 Å². The zero-order valence-electron chi connectivity index (χ0n) is 9.99. The highest BCUT2D eigenvalue weighted by atomic mass is 16.5. The average Bonchev–Trinajstić information content (AvgIpc) is 2.81. The van der Waals surface area contributed by atoms with E-state index in [2.05, 4.69) is 29.7 Å². The summed E-state index contributed by atoms with van der Waals surface area (Å²) in [6, 6.07) is 9.12. The van der Waals surface area contributed by atoms with Crippen LogP contribution in [0.5, 0.6) is 5.75 Å². The first-order valence-electron chi connectivity index (χ1n) is 5.91. The lowest BCUT2D eigenvalue weighted by Crippen LogP contribution is -2.33. The molecule has 2 N–H and O–H groups in total. The Morgan fingerprint density at radius 2 is 2.25 bits per heavy atom. The van der Waals surface area contributed by atoms with Gasteiger partial charge in [-0.2, -0.15) is 0 Å². The minimum atomic E-state index is 0.334. The predicted molar refractivity (Wildman–Crippen MR) is 65.8 cm³/mol. The van der Waals surface area contributed by atoms with Crippen molar-refractivity contribution in [2.75, 3.05) is 20.2 Å². The number of ether oxygens (including phenoxy) is 1. The Morgan fingerprint density at radius 3 is 2.94 bits per heavy atom. The maximum absolute atomic E-state index is 5.38. The smallest absolute Gasteiger partial charge is 0.123 e. The van der Waals surface area contributed by atoms with Crippen molar-refractivity contribution in [3.8, 4) is 5.75 Å². The predicted octanol–water partition coefficient (Wildman–Crippen LogP) is 1.71. The molecule has 0 spiro atoms. The van der Waals surface area contributed by atoms with Crippen LogP contribution in [0.25, 0.3) is 0 Å². The van der Waals surface area contributed by atoms with Crippen molar-refractivity contribution in [3.05, 3.63) is 29.8 Å². The van der Waals surface area contributed by atoms with Crippen molar-refractivity contribution in [2.24, 2.45) is 0 Å². The number of para-hydroxylation sites is 1. The van der Waals surface area contributed by atoms with Crippen LogP contribution in [0.3, 0.4) is 0 Å². The van der Waals surface area contributed by atoms with Crippen molar-refractivity contribution in [1.29, 1.82) is 0 Å². The highest BCUT2D eigenvalue weighted by Gasteiger charge is 2.18. The number of benzene rings is 1. The Balaban J connectivity index is 2.04. The van der Waals surface area contributed by atoms with Gasteiger partial charge in [-0.3, -0.25) is 0 Å². The molecule has 3 heteroatoms. The Morgan fingerprint density at radius 1 is 1.44 bits per heavy atom. The second-order valence-corrected chi connectivity index (χ2v) is 4.32. The van der Waals surface area contributed by atoms with Crippen molar-refractivity contribution < 1.29 is 4.74 Å². The molecule has 0 bridgehead atoms. The molecule has 2 rings (SSSR count). The SMILES string of the molecule is COc1ccccc1C(C)NC1CCNC1. The molecule has 88 valence electrons. The minimum absolute atomic E-state index is 0.334. The Hall–Kier alpha value is -1.06. The molecule has 0 amide bonds. The van der Waals surface area contributed by atoms with Gasteiger partial charge < -0.3 is 15.4 Å². The van der Waals surface area contributed by atoms with E-state index in [0.717, 1.165) is 18.8 Å². The lowest BCUT2D eigenvalue weighted by Gasteiger charge is -2.20. The zero-order valence-corrected chi connectivity index (χ0v) is 9.99. The molecule has 0 aliphatic carbocycles. The maximum Gasteiger partial charge on any atom is 0.123 e. The quantitative estimate of drug-likeness (QED) is 0.810. The third-order valence-electron chi connectivity index (χ3n) is 3.15. The number of hydrogen-bond donors (Lipinski definition) is 2. The van der Waals surface area contributed by atoms with Crippen LogP contribution in [0, 0.1) is 0 Å². The van der Waals surface area contributed by atoms with E-state index in [4.69, 9.17) is 4.74 Å². The van der Waals surface area contributed by atoms with E-state index in [1.807, 2.05) is 12.1 Å². The fourth-order valence-electron chi connectivity index (χ4n) is 2.26. The molecule has 1 heterocycles. The van der Waals surface area contributed by atoms with Gasteiger partial charge in [0.15, 0.2) is 0 Å². The first-order chi connectivity index (χ1) is 7.81. The van der Waals surface area contributed by atoms with Crippen LogP contribution >= 0.6 is 0 Å². The Labute approximate surface area is 97.2 Å². The highest BCUT2D eigenvalue weighted by Crippen LogP contribution is 2.24. The fraction of sp³-hybridized carbons (Fsp3) is 0.538. The van der Waals surface area contributed by atoms with Crippen LogP contribution in [0.4, 0.5) is 0 Å². The van der Waals surface area contributed by atoms with Crippen molar-refractivity contribution in [2.45, 2.75) is 25.4 Å². The number of nitrogens with one attached hydrogen (secondary N) is 2. The van der Waals surface area contributed by atoms with Crippen molar-refractivity contribution >= 4 is 0 Å². The molecule has 16 heavy (non-hydrogen) atoms. The lowest BCUT2D eigenvalue weighted by atomic mass is 10.1. The molecule has 0 radical (unpaired) electrons. The van der Waals surface area contributed by atoms with E-state index in [1.54, 1.807) is 7.11 Å². The van der Waals surface area contributed by atoms with E-state index in [0.29, 0.717) is 12.1 Å². The molecule has 1 aliphatic rings. The van der Waals surface area contributed by atoms with Gasteiger partial charge in [-0.15, -0.1) is 0 Å². The van der Waals surface area contributed by atoms with Crippen LogP contribution in [-0.4, -0.2) is 26.2 Å². The molecule has 1 aliphatic heterocycles. The molecular formula is C13H20N2O. The Kier molecular flexibility index (Phi) is 3.80. The largest absolute Gasteiger partial charge is 0.496 e. The molecule has 1 aromatic rings. The summed E-state index contributed by atoms with van der Waals surface area (Å²) < 4.78 is 5.38. The number of rotatable bonds is 4. The number of methoxy groups -OCH3 is 1. The molecule has 2 unspecified atom stereocenters. The molecule has 2 atom stereocenters. The van der Waals surface area contributed by atoms with Gasteiger partial charge in [-0.05, 0) is 26.0 Å². The van der Waals surface area contributed by atoms with Gasteiger partial charge in [-0.25, -0.2) is 0 Å². The summed E-state index contributed by atoms with van der Waals surface area (Å²) in [6.45, 7) is 4.38. The second-order valence-electron chi connectivity index (χ2n) is 4.32. The van der Waals surface area contributed by atoms with Gasteiger partial charge in [-0.1, -0.05) is 18.2 Å². The van der Waals surface area contributed by atoms with E-state index >= 15 is 0 Å². The van der Waals surface area contributed by atoms with Crippen LogP contribution in [0.1, 0.15) is 24.9 Å². The fourth-order valence-corrected chi connectivity index (χ4v) is 2.26. The summed E-state index contributed by atoms with van der Waals surface area (Å²) in [6.07, 6.45) is 1.21. The normalized spacial score (nSPS) is 22.0.